The van der Waals surface area contributed by atoms with E-state index in [1.54, 1.807) is 12.1 Å². The normalized spacial score (nSPS) is 13.0. The van der Waals surface area contributed by atoms with Crippen LogP contribution < -0.4 is 5.32 Å². The molecule has 168 valence electrons. The lowest BCUT2D eigenvalue weighted by Gasteiger charge is -2.17. The maximum atomic E-state index is 12.4. The highest BCUT2D eigenvalue weighted by molar-refractivity contribution is 5.81. The van der Waals surface area contributed by atoms with Crippen molar-refractivity contribution in [2.45, 2.75) is 24.8 Å². The Hall–Kier alpha value is -4.20. The monoisotopic (exact) mass is 446 g/mol. The van der Waals surface area contributed by atoms with Gasteiger partial charge in [-0.1, -0.05) is 60.7 Å². The number of carbonyl (C=O) groups excluding carboxylic acids is 1. The lowest BCUT2D eigenvalue weighted by Crippen LogP contribution is -2.41. The number of carboxylic acid groups (broad SMARTS) is 1. The standard InChI is InChI=1S/C25H22N2O6/c28-24(29)23(13-12-16-6-5-7-17(14-16)27(31)32)26-25(30)33-15-22-20-10-3-1-8-18(20)19-9-2-4-11-21(19)22/h1-11,14,22-23H,12-13,15H2,(H,26,30)(H,28,29)/t23-/m0/s1. The summed E-state index contributed by atoms with van der Waals surface area (Å²) >= 11 is 0. The van der Waals surface area contributed by atoms with Crippen LogP contribution in [0.25, 0.3) is 11.1 Å². The number of nitro benzene ring substituents is 1. The number of amides is 1. The second kappa shape index (κ2) is 9.52. The Kier molecular flexibility index (Phi) is 6.35. The minimum atomic E-state index is -1.20. The van der Waals surface area contributed by atoms with Crippen molar-refractivity contribution in [3.05, 3.63) is 99.6 Å². The third-order valence-corrected chi connectivity index (χ3v) is 5.78. The predicted molar refractivity (Wildman–Crippen MR) is 121 cm³/mol. The Balaban J connectivity index is 1.38. The fraction of sp³-hybridized carbons (Fsp3) is 0.200. The highest BCUT2D eigenvalue weighted by Gasteiger charge is 2.29. The maximum absolute atomic E-state index is 12.4. The minimum absolute atomic E-state index is 0.0659. The first kappa shape index (κ1) is 22.0. The Morgan fingerprint density at radius 1 is 1.00 bits per heavy atom. The molecule has 0 aliphatic heterocycles. The van der Waals surface area contributed by atoms with Crippen LogP contribution in [0.1, 0.15) is 29.0 Å². The van der Waals surface area contributed by atoms with Gasteiger partial charge < -0.3 is 15.2 Å². The molecular weight excluding hydrogens is 424 g/mol. The molecular formula is C25H22N2O6. The Morgan fingerprint density at radius 3 is 2.24 bits per heavy atom. The van der Waals surface area contributed by atoms with Crippen molar-refractivity contribution in [2.75, 3.05) is 6.61 Å². The number of nitrogens with zero attached hydrogens (tertiary/aromatic N) is 1. The number of non-ortho nitro benzene ring substituents is 1. The molecule has 33 heavy (non-hydrogen) atoms. The third kappa shape index (κ3) is 4.85. The fourth-order valence-electron chi connectivity index (χ4n) is 4.18. The van der Waals surface area contributed by atoms with E-state index >= 15 is 0 Å². The predicted octanol–water partition coefficient (Wildman–Crippen LogP) is 4.52. The average molecular weight is 446 g/mol. The van der Waals surface area contributed by atoms with Gasteiger partial charge in [0.15, 0.2) is 0 Å². The molecule has 8 heteroatoms. The summed E-state index contributed by atoms with van der Waals surface area (Å²) in [4.78, 5) is 34.5. The van der Waals surface area contributed by atoms with E-state index < -0.39 is 23.0 Å². The number of hydrogen-bond donors (Lipinski definition) is 2. The first-order chi connectivity index (χ1) is 15.9. The number of aryl methyl sites for hydroxylation is 1. The lowest BCUT2D eigenvalue weighted by atomic mass is 9.98. The largest absolute Gasteiger partial charge is 0.480 e. The molecule has 1 aliphatic carbocycles. The molecule has 0 spiro atoms. The van der Waals surface area contributed by atoms with Gasteiger partial charge in [-0.05, 0) is 40.7 Å². The molecule has 0 fully saturated rings. The summed E-state index contributed by atoms with van der Waals surface area (Å²) < 4.78 is 5.42. The first-order valence-corrected chi connectivity index (χ1v) is 10.5. The molecule has 0 saturated carbocycles. The zero-order chi connectivity index (χ0) is 23.4. The zero-order valence-corrected chi connectivity index (χ0v) is 17.6. The number of aliphatic carboxylic acids is 1. The molecule has 0 saturated heterocycles. The van der Waals surface area contributed by atoms with Crippen molar-refractivity contribution in [1.29, 1.82) is 0 Å². The number of hydrogen-bond acceptors (Lipinski definition) is 5. The first-order valence-electron chi connectivity index (χ1n) is 10.5. The van der Waals surface area contributed by atoms with Crippen LogP contribution in [0.2, 0.25) is 0 Å². The van der Waals surface area contributed by atoms with Gasteiger partial charge >= 0.3 is 12.1 Å². The summed E-state index contributed by atoms with van der Waals surface area (Å²) in [5, 5.41) is 22.8. The smallest absolute Gasteiger partial charge is 0.407 e. The van der Waals surface area contributed by atoms with E-state index in [0.29, 0.717) is 5.56 Å². The number of nitrogens with one attached hydrogen (secondary N) is 1. The van der Waals surface area contributed by atoms with Gasteiger partial charge in [-0.3, -0.25) is 10.1 Å². The van der Waals surface area contributed by atoms with E-state index in [-0.39, 0.29) is 31.1 Å². The van der Waals surface area contributed by atoms with Crippen LogP contribution in [0, 0.1) is 10.1 Å². The molecule has 0 bridgehead atoms. The topological polar surface area (TPSA) is 119 Å². The summed E-state index contributed by atoms with van der Waals surface area (Å²) in [5.74, 6) is -1.33. The molecule has 8 nitrogen and oxygen atoms in total. The molecule has 0 radical (unpaired) electrons. The van der Waals surface area contributed by atoms with E-state index in [2.05, 4.69) is 5.32 Å². The van der Waals surface area contributed by atoms with Crippen molar-refractivity contribution < 1.29 is 24.4 Å². The van der Waals surface area contributed by atoms with Crippen LogP contribution in [0.3, 0.4) is 0 Å². The quantitative estimate of drug-likeness (QED) is 0.388. The van der Waals surface area contributed by atoms with Gasteiger partial charge in [-0.15, -0.1) is 0 Å². The number of carbonyl (C=O) groups is 2. The molecule has 0 unspecified atom stereocenters. The van der Waals surface area contributed by atoms with Crippen molar-refractivity contribution in [1.82, 2.24) is 5.32 Å². The van der Waals surface area contributed by atoms with Gasteiger partial charge in [-0.25, -0.2) is 9.59 Å². The molecule has 0 heterocycles. The number of carboxylic acids is 1. The molecule has 3 aromatic carbocycles. The molecule has 1 atom stereocenters. The Labute approximate surface area is 190 Å². The average Bonchev–Trinajstić information content (AvgIpc) is 3.14. The number of fused-ring (bicyclic) bond motifs is 3. The van der Waals surface area contributed by atoms with E-state index in [1.165, 1.54) is 12.1 Å². The van der Waals surface area contributed by atoms with Gasteiger partial charge in [0.1, 0.15) is 12.6 Å². The highest BCUT2D eigenvalue weighted by Crippen LogP contribution is 2.44. The molecule has 2 N–H and O–H groups in total. The number of benzene rings is 3. The summed E-state index contributed by atoms with van der Waals surface area (Å²) in [6, 6.07) is 20.7. The lowest BCUT2D eigenvalue weighted by molar-refractivity contribution is -0.384. The number of nitro groups is 1. The summed E-state index contributed by atoms with van der Waals surface area (Å²) in [5.41, 5.74) is 4.87. The number of alkyl carbamates (subject to hydrolysis) is 1. The van der Waals surface area contributed by atoms with E-state index in [1.807, 2.05) is 48.5 Å². The van der Waals surface area contributed by atoms with Crippen LogP contribution >= 0.6 is 0 Å². The molecule has 1 amide bonds. The maximum Gasteiger partial charge on any atom is 0.407 e. The highest BCUT2D eigenvalue weighted by atomic mass is 16.6. The zero-order valence-electron chi connectivity index (χ0n) is 17.6. The van der Waals surface area contributed by atoms with Crippen LogP contribution in [0.15, 0.2) is 72.8 Å². The molecule has 1 aliphatic rings. The van der Waals surface area contributed by atoms with Crippen LogP contribution in [-0.4, -0.2) is 34.7 Å². The van der Waals surface area contributed by atoms with Gasteiger partial charge in [0.2, 0.25) is 0 Å². The molecule has 3 aromatic rings. The SMILES string of the molecule is O=C(N[C@@H](CCc1cccc([N+](=O)[O-])c1)C(=O)O)OCC1c2ccccc2-c2ccccc21. The summed E-state index contributed by atoms with van der Waals surface area (Å²) in [6.07, 6.45) is -0.494. The summed E-state index contributed by atoms with van der Waals surface area (Å²) in [7, 11) is 0. The van der Waals surface area contributed by atoms with Crippen LogP contribution in [0.4, 0.5) is 10.5 Å². The van der Waals surface area contributed by atoms with Crippen molar-refractivity contribution in [3.63, 3.8) is 0 Å². The Morgan fingerprint density at radius 2 is 1.64 bits per heavy atom. The molecule has 0 aromatic heterocycles. The van der Waals surface area contributed by atoms with Crippen molar-refractivity contribution >= 4 is 17.7 Å². The van der Waals surface area contributed by atoms with Gasteiger partial charge in [0, 0.05) is 18.1 Å². The van der Waals surface area contributed by atoms with E-state index in [4.69, 9.17) is 4.74 Å². The van der Waals surface area contributed by atoms with Crippen LogP contribution in [0.5, 0.6) is 0 Å². The van der Waals surface area contributed by atoms with E-state index in [0.717, 1.165) is 22.3 Å². The van der Waals surface area contributed by atoms with Gasteiger partial charge in [0.25, 0.3) is 5.69 Å². The second-order valence-electron chi connectivity index (χ2n) is 7.83. The fourth-order valence-corrected chi connectivity index (χ4v) is 4.18. The number of rotatable bonds is 8. The van der Waals surface area contributed by atoms with Crippen LogP contribution in [-0.2, 0) is 16.0 Å². The number of ether oxygens (including phenoxy) is 1. The minimum Gasteiger partial charge on any atom is -0.480 e. The Bertz CT molecular complexity index is 1160. The third-order valence-electron chi connectivity index (χ3n) is 5.78. The van der Waals surface area contributed by atoms with Gasteiger partial charge in [0.05, 0.1) is 4.92 Å². The van der Waals surface area contributed by atoms with E-state index in [9.17, 15) is 24.8 Å². The molecule has 4 rings (SSSR count). The summed E-state index contributed by atoms with van der Waals surface area (Å²) in [6.45, 7) is 0.0804. The van der Waals surface area contributed by atoms with Crippen molar-refractivity contribution in [3.8, 4) is 11.1 Å². The second-order valence-corrected chi connectivity index (χ2v) is 7.83. The van der Waals surface area contributed by atoms with Gasteiger partial charge in [-0.2, -0.15) is 0 Å². The van der Waals surface area contributed by atoms with Crippen molar-refractivity contribution in [2.24, 2.45) is 0 Å².